The molecule has 0 unspecified atom stereocenters. The third-order valence-electron chi connectivity index (χ3n) is 4.56. The quantitative estimate of drug-likeness (QED) is 0.778. The molecule has 0 bridgehead atoms. The maximum absolute atomic E-state index is 12.9. The van der Waals surface area contributed by atoms with Crippen molar-refractivity contribution in [1.82, 2.24) is 4.90 Å². The van der Waals surface area contributed by atoms with E-state index in [9.17, 15) is 8.78 Å². The van der Waals surface area contributed by atoms with Gasteiger partial charge in [0, 0.05) is 13.2 Å². The van der Waals surface area contributed by atoms with Crippen molar-refractivity contribution in [2.75, 3.05) is 19.7 Å². The Bertz CT molecular complexity index is 619. The molecule has 1 aliphatic rings. The van der Waals surface area contributed by atoms with E-state index in [2.05, 4.69) is 4.90 Å². The van der Waals surface area contributed by atoms with Crippen LogP contribution in [0.1, 0.15) is 24.0 Å². The van der Waals surface area contributed by atoms with Crippen LogP contribution in [0.15, 0.2) is 48.5 Å². The molecule has 2 nitrogen and oxygen atoms in total. The van der Waals surface area contributed by atoms with E-state index >= 15 is 0 Å². The highest BCUT2D eigenvalue weighted by Gasteiger charge is 2.19. The molecule has 0 radical (unpaired) electrons. The lowest BCUT2D eigenvalue weighted by Crippen LogP contribution is -2.34. The second-order valence-electron chi connectivity index (χ2n) is 6.49. The molecule has 3 rings (SSSR count). The van der Waals surface area contributed by atoms with Crippen molar-refractivity contribution in [3.05, 3.63) is 71.3 Å². The normalized spacial score (nSPS) is 16.4. The van der Waals surface area contributed by atoms with Crippen molar-refractivity contribution in [2.24, 2.45) is 5.92 Å². The zero-order valence-electron chi connectivity index (χ0n) is 13.8. The second kappa shape index (κ2) is 8.36. The van der Waals surface area contributed by atoms with Gasteiger partial charge in [0.15, 0.2) is 0 Å². The number of nitrogens with zero attached hydrogens (tertiary/aromatic N) is 1. The zero-order valence-corrected chi connectivity index (χ0v) is 13.8. The fourth-order valence-corrected chi connectivity index (χ4v) is 3.08. The maximum Gasteiger partial charge on any atom is 0.123 e. The second-order valence-corrected chi connectivity index (χ2v) is 6.49. The van der Waals surface area contributed by atoms with Crippen LogP contribution in [0.2, 0.25) is 0 Å². The summed E-state index contributed by atoms with van der Waals surface area (Å²) in [5, 5.41) is 0. The molecule has 0 N–H and O–H groups in total. The van der Waals surface area contributed by atoms with Gasteiger partial charge < -0.3 is 4.74 Å². The fraction of sp³-hybridized carbons (Fsp3) is 0.400. The lowest BCUT2D eigenvalue weighted by atomic mass is 9.97. The Kier molecular flexibility index (Phi) is 5.94. The Morgan fingerprint density at radius 1 is 0.833 bits per heavy atom. The summed E-state index contributed by atoms with van der Waals surface area (Å²) in [6, 6.07) is 13.2. The highest BCUT2D eigenvalue weighted by atomic mass is 19.1. The van der Waals surface area contributed by atoms with Crippen molar-refractivity contribution in [1.29, 1.82) is 0 Å². The first-order valence-corrected chi connectivity index (χ1v) is 8.48. The summed E-state index contributed by atoms with van der Waals surface area (Å²) in [4.78, 5) is 2.41. The minimum absolute atomic E-state index is 0.184. The minimum Gasteiger partial charge on any atom is -0.376 e. The molecular formula is C20H23F2NO. The van der Waals surface area contributed by atoms with E-state index in [0.717, 1.165) is 50.2 Å². The standard InChI is InChI=1S/C20H23F2NO/c21-19-5-1-16(2-6-19)13-23-11-9-18(10-12-23)15-24-14-17-3-7-20(22)8-4-17/h1-8,18H,9-15H2. The summed E-state index contributed by atoms with van der Waals surface area (Å²) < 4.78 is 31.6. The lowest BCUT2D eigenvalue weighted by molar-refractivity contribution is 0.0562. The van der Waals surface area contributed by atoms with Gasteiger partial charge >= 0.3 is 0 Å². The third kappa shape index (κ3) is 5.11. The van der Waals surface area contributed by atoms with Gasteiger partial charge in [-0.05, 0) is 67.2 Å². The Morgan fingerprint density at radius 2 is 1.38 bits per heavy atom. The minimum atomic E-state index is -0.215. The van der Waals surface area contributed by atoms with Gasteiger partial charge in [-0.2, -0.15) is 0 Å². The van der Waals surface area contributed by atoms with E-state index in [0.29, 0.717) is 12.5 Å². The molecule has 0 aromatic heterocycles. The maximum atomic E-state index is 12.9. The first-order chi connectivity index (χ1) is 11.7. The van der Waals surface area contributed by atoms with Crippen LogP contribution in [0.5, 0.6) is 0 Å². The smallest absolute Gasteiger partial charge is 0.123 e. The van der Waals surface area contributed by atoms with E-state index in [-0.39, 0.29) is 11.6 Å². The molecule has 0 aliphatic carbocycles. The molecule has 2 aromatic carbocycles. The number of rotatable bonds is 6. The molecule has 1 saturated heterocycles. The van der Waals surface area contributed by atoms with Crippen molar-refractivity contribution in [3.63, 3.8) is 0 Å². The summed E-state index contributed by atoms with van der Waals surface area (Å²) >= 11 is 0. The Hall–Kier alpha value is -1.78. The van der Waals surface area contributed by atoms with Gasteiger partial charge in [0.05, 0.1) is 6.61 Å². The number of hydrogen-bond acceptors (Lipinski definition) is 2. The highest BCUT2D eigenvalue weighted by Crippen LogP contribution is 2.20. The molecule has 1 heterocycles. The monoisotopic (exact) mass is 331 g/mol. The summed E-state index contributed by atoms with van der Waals surface area (Å²) in [6.45, 7) is 4.26. The topological polar surface area (TPSA) is 12.5 Å². The number of hydrogen-bond donors (Lipinski definition) is 0. The Balaban J connectivity index is 1.36. The molecule has 0 spiro atoms. The molecule has 4 heteroatoms. The van der Waals surface area contributed by atoms with Crippen molar-refractivity contribution in [2.45, 2.75) is 26.0 Å². The van der Waals surface area contributed by atoms with Crippen molar-refractivity contribution in [3.8, 4) is 0 Å². The molecule has 0 atom stereocenters. The van der Waals surface area contributed by atoms with E-state index in [1.54, 1.807) is 12.1 Å². The first kappa shape index (κ1) is 17.1. The molecular weight excluding hydrogens is 308 g/mol. The molecule has 0 amide bonds. The van der Waals surface area contributed by atoms with Crippen LogP contribution in [-0.2, 0) is 17.9 Å². The van der Waals surface area contributed by atoms with Gasteiger partial charge in [0.25, 0.3) is 0 Å². The van der Waals surface area contributed by atoms with Gasteiger partial charge in [0.2, 0.25) is 0 Å². The van der Waals surface area contributed by atoms with Gasteiger partial charge in [-0.25, -0.2) is 8.78 Å². The third-order valence-corrected chi connectivity index (χ3v) is 4.56. The molecule has 2 aromatic rings. The van der Waals surface area contributed by atoms with Crippen molar-refractivity contribution >= 4 is 0 Å². The van der Waals surface area contributed by atoms with E-state index < -0.39 is 0 Å². The summed E-state index contributed by atoms with van der Waals surface area (Å²) in [5.74, 6) is 0.179. The van der Waals surface area contributed by atoms with Crippen LogP contribution in [0.3, 0.4) is 0 Å². The number of ether oxygens (including phenoxy) is 1. The summed E-state index contributed by atoms with van der Waals surface area (Å²) in [6.07, 6.45) is 2.23. The van der Waals surface area contributed by atoms with E-state index in [1.807, 2.05) is 12.1 Å². The molecule has 128 valence electrons. The first-order valence-electron chi connectivity index (χ1n) is 8.48. The summed E-state index contributed by atoms with van der Waals surface area (Å²) in [5.41, 5.74) is 2.16. The number of halogens is 2. The van der Waals surface area contributed by atoms with E-state index in [1.165, 1.54) is 24.3 Å². The Morgan fingerprint density at radius 3 is 1.96 bits per heavy atom. The van der Waals surface area contributed by atoms with Crippen LogP contribution in [0.4, 0.5) is 8.78 Å². The van der Waals surface area contributed by atoms with Gasteiger partial charge in [-0.1, -0.05) is 24.3 Å². The SMILES string of the molecule is Fc1ccc(COCC2CCN(Cc3ccc(F)cc3)CC2)cc1. The predicted molar refractivity (Wildman–Crippen MR) is 90.5 cm³/mol. The molecule has 24 heavy (non-hydrogen) atoms. The van der Waals surface area contributed by atoms with E-state index in [4.69, 9.17) is 4.74 Å². The number of benzene rings is 2. The Labute approximate surface area is 142 Å². The molecule has 0 saturated carbocycles. The molecule has 1 aliphatic heterocycles. The van der Waals surface area contributed by atoms with Gasteiger partial charge in [-0.15, -0.1) is 0 Å². The number of piperidine rings is 1. The zero-order chi connectivity index (χ0) is 16.8. The molecule has 1 fully saturated rings. The summed E-state index contributed by atoms with van der Waals surface area (Å²) in [7, 11) is 0. The van der Waals surface area contributed by atoms with Crippen LogP contribution < -0.4 is 0 Å². The average Bonchev–Trinajstić information content (AvgIpc) is 2.60. The lowest BCUT2D eigenvalue weighted by Gasteiger charge is -2.31. The average molecular weight is 331 g/mol. The van der Waals surface area contributed by atoms with Crippen molar-refractivity contribution < 1.29 is 13.5 Å². The van der Waals surface area contributed by atoms with Crippen LogP contribution in [0, 0.1) is 17.6 Å². The largest absolute Gasteiger partial charge is 0.376 e. The fourth-order valence-electron chi connectivity index (χ4n) is 3.08. The van der Waals surface area contributed by atoms with Crippen LogP contribution >= 0.6 is 0 Å². The van der Waals surface area contributed by atoms with Crippen LogP contribution in [0.25, 0.3) is 0 Å². The highest BCUT2D eigenvalue weighted by molar-refractivity contribution is 5.16. The van der Waals surface area contributed by atoms with Crippen LogP contribution in [-0.4, -0.2) is 24.6 Å². The predicted octanol–water partition coefficient (Wildman–Crippen LogP) is 4.39. The van der Waals surface area contributed by atoms with Gasteiger partial charge in [-0.3, -0.25) is 4.90 Å². The van der Waals surface area contributed by atoms with Gasteiger partial charge in [0.1, 0.15) is 11.6 Å². The number of likely N-dealkylation sites (tertiary alicyclic amines) is 1.